The zero-order valence-corrected chi connectivity index (χ0v) is 18.4. The normalized spacial score (nSPS) is 10.8. The van der Waals surface area contributed by atoms with Crippen LogP contribution >= 0.6 is 0 Å². The minimum absolute atomic E-state index is 0.112. The van der Waals surface area contributed by atoms with Crippen molar-refractivity contribution in [3.63, 3.8) is 0 Å². The van der Waals surface area contributed by atoms with E-state index in [1.165, 1.54) is 6.08 Å². The van der Waals surface area contributed by atoms with Crippen LogP contribution in [0.2, 0.25) is 0 Å². The van der Waals surface area contributed by atoms with Gasteiger partial charge in [-0.2, -0.15) is 5.10 Å². The van der Waals surface area contributed by atoms with Crippen molar-refractivity contribution in [2.45, 2.75) is 6.92 Å². The molecule has 1 heterocycles. The fraction of sp³-hybridized carbons (Fsp3) is 0.0741. The largest absolute Gasteiger partial charge is 0.423 e. The van der Waals surface area contributed by atoms with E-state index in [0.29, 0.717) is 17.0 Å². The van der Waals surface area contributed by atoms with Crippen molar-refractivity contribution in [2.75, 3.05) is 11.9 Å². The molecule has 0 saturated carbocycles. The van der Waals surface area contributed by atoms with Gasteiger partial charge in [-0.1, -0.05) is 35.9 Å². The van der Waals surface area contributed by atoms with Gasteiger partial charge < -0.3 is 9.64 Å². The molecule has 0 radical (unpaired) electrons. The number of para-hydroxylation sites is 1. The number of nitrogens with zero attached hydrogens (tertiary/aromatic N) is 3. The zero-order valence-electron chi connectivity index (χ0n) is 18.4. The lowest BCUT2D eigenvalue weighted by Crippen LogP contribution is -2.26. The topological polar surface area (TPSA) is 64.4 Å². The average molecular weight is 437 g/mol. The standard InChI is InChI=1S/C27H23N3O3/c1-20-8-11-22(12-9-20)27(32)29(2)23-13-15-25(16-14-23)33-26(31)17-10-21-18-28-30(19-21)24-6-4-3-5-7-24/h3-19H,1-2H3/b17-10+. The van der Waals surface area contributed by atoms with E-state index in [2.05, 4.69) is 5.10 Å². The van der Waals surface area contributed by atoms with Gasteiger partial charge in [-0.25, -0.2) is 9.48 Å². The van der Waals surface area contributed by atoms with Crippen LogP contribution in [0.4, 0.5) is 5.69 Å². The molecule has 4 rings (SSSR count). The predicted molar refractivity (Wildman–Crippen MR) is 129 cm³/mol. The van der Waals surface area contributed by atoms with Crippen molar-refractivity contribution >= 4 is 23.6 Å². The van der Waals surface area contributed by atoms with Gasteiger partial charge in [-0.05, 0) is 61.5 Å². The summed E-state index contributed by atoms with van der Waals surface area (Å²) in [4.78, 5) is 26.4. The third-order valence-corrected chi connectivity index (χ3v) is 5.08. The van der Waals surface area contributed by atoms with Gasteiger partial charge in [0.25, 0.3) is 5.91 Å². The number of hydrogen-bond acceptors (Lipinski definition) is 4. The summed E-state index contributed by atoms with van der Waals surface area (Å²) in [6.07, 6.45) is 6.51. The molecule has 1 amide bonds. The number of benzene rings is 3. The van der Waals surface area contributed by atoms with Crippen LogP contribution in [-0.4, -0.2) is 28.7 Å². The molecule has 0 aliphatic rings. The number of esters is 1. The van der Waals surface area contributed by atoms with Crippen LogP contribution in [0.5, 0.6) is 5.75 Å². The number of aromatic nitrogens is 2. The van der Waals surface area contributed by atoms with Crippen molar-refractivity contribution < 1.29 is 14.3 Å². The summed E-state index contributed by atoms with van der Waals surface area (Å²) in [7, 11) is 1.71. The summed E-state index contributed by atoms with van der Waals surface area (Å²) in [5, 5.41) is 4.30. The number of carbonyl (C=O) groups excluding carboxylic acids is 2. The van der Waals surface area contributed by atoms with Crippen LogP contribution in [0.25, 0.3) is 11.8 Å². The highest BCUT2D eigenvalue weighted by Gasteiger charge is 2.13. The van der Waals surface area contributed by atoms with Crippen molar-refractivity contribution in [2.24, 2.45) is 0 Å². The maximum atomic E-state index is 12.7. The molecule has 0 aliphatic carbocycles. The average Bonchev–Trinajstić information content (AvgIpc) is 3.33. The lowest BCUT2D eigenvalue weighted by molar-refractivity contribution is -0.128. The highest BCUT2D eigenvalue weighted by Crippen LogP contribution is 2.21. The van der Waals surface area contributed by atoms with Crippen LogP contribution in [0, 0.1) is 6.92 Å². The summed E-state index contributed by atoms with van der Waals surface area (Å²) in [5.41, 5.74) is 4.12. The SMILES string of the molecule is Cc1ccc(C(=O)N(C)c2ccc(OC(=O)/C=C/c3cnn(-c4ccccc4)c3)cc2)cc1. The maximum Gasteiger partial charge on any atom is 0.336 e. The van der Waals surface area contributed by atoms with Gasteiger partial charge in [0.2, 0.25) is 0 Å². The first-order chi connectivity index (χ1) is 16.0. The number of aryl methyl sites for hydroxylation is 1. The van der Waals surface area contributed by atoms with E-state index in [1.807, 2.05) is 55.6 Å². The Kier molecular flexibility index (Phi) is 6.45. The highest BCUT2D eigenvalue weighted by atomic mass is 16.5. The van der Waals surface area contributed by atoms with Crippen LogP contribution < -0.4 is 9.64 Å². The molecule has 0 atom stereocenters. The van der Waals surface area contributed by atoms with E-state index in [-0.39, 0.29) is 5.91 Å². The molecular weight excluding hydrogens is 414 g/mol. The monoisotopic (exact) mass is 437 g/mol. The molecule has 0 bridgehead atoms. The number of rotatable bonds is 6. The highest BCUT2D eigenvalue weighted by molar-refractivity contribution is 6.05. The number of hydrogen-bond donors (Lipinski definition) is 0. The Labute approximate surface area is 192 Å². The summed E-state index contributed by atoms with van der Waals surface area (Å²) in [6, 6.07) is 23.9. The Bertz CT molecular complexity index is 1270. The second-order valence-electron chi connectivity index (χ2n) is 7.53. The van der Waals surface area contributed by atoms with E-state index in [0.717, 1.165) is 16.8 Å². The van der Waals surface area contributed by atoms with Gasteiger partial charge in [0.1, 0.15) is 5.75 Å². The molecule has 0 fully saturated rings. The van der Waals surface area contributed by atoms with Gasteiger partial charge in [0.05, 0.1) is 11.9 Å². The van der Waals surface area contributed by atoms with E-state index >= 15 is 0 Å². The van der Waals surface area contributed by atoms with Crippen molar-refractivity contribution in [1.29, 1.82) is 0 Å². The lowest BCUT2D eigenvalue weighted by atomic mass is 10.1. The number of anilines is 1. The molecule has 0 unspecified atom stereocenters. The van der Waals surface area contributed by atoms with Gasteiger partial charge >= 0.3 is 5.97 Å². The summed E-state index contributed by atoms with van der Waals surface area (Å²) in [6.45, 7) is 1.98. The molecule has 33 heavy (non-hydrogen) atoms. The summed E-state index contributed by atoms with van der Waals surface area (Å²) < 4.78 is 7.10. The van der Waals surface area contributed by atoms with E-state index in [4.69, 9.17) is 4.74 Å². The van der Waals surface area contributed by atoms with Gasteiger partial charge in [-0.3, -0.25) is 4.79 Å². The molecule has 6 nitrogen and oxygen atoms in total. The third-order valence-electron chi connectivity index (χ3n) is 5.08. The molecule has 0 saturated heterocycles. The first-order valence-electron chi connectivity index (χ1n) is 10.4. The minimum atomic E-state index is -0.501. The van der Waals surface area contributed by atoms with Crippen molar-refractivity contribution in [3.05, 3.63) is 114 Å². The first kappa shape index (κ1) is 21.8. The van der Waals surface area contributed by atoms with Crippen LogP contribution in [0.15, 0.2) is 97.3 Å². The van der Waals surface area contributed by atoms with Gasteiger partial charge in [0, 0.05) is 36.1 Å². The number of carbonyl (C=O) groups is 2. The molecule has 4 aromatic rings. The maximum absolute atomic E-state index is 12.7. The van der Waals surface area contributed by atoms with E-state index in [9.17, 15) is 9.59 Å². The van der Waals surface area contributed by atoms with Gasteiger partial charge in [-0.15, -0.1) is 0 Å². The Morgan fingerprint density at radius 1 is 0.939 bits per heavy atom. The fourth-order valence-electron chi connectivity index (χ4n) is 3.20. The zero-order chi connectivity index (χ0) is 23.2. The van der Waals surface area contributed by atoms with E-state index < -0.39 is 5.97 Å². The third kappa shape index (κ3) is 5.43. The smallest absolute Gasteiger partial charge is 0.336 e. The molecule has 3 aromatic carbocycles. The molecule has 0 N–H and O–H groups in total. The summed E-state index contributed by atoms with van der Waals surface area (Å²) >= 11 is 0. The summed E-state index contributed by atoms with van der Waals surface area (Å²) in [5.74, 6) is -0.220. The Hall–Kier alpha value is -4.45. The Morgan fingerprint density at radius 2 is 1.64 bits per heavy atom. The molecular formula is C27H23N3O3. The first-order valence-corrected chi connectivity index (χ1v) is 10.4. The quantitative estimate of drug-likeness (QED) is 0.240. The van der Waals surface area contributed by atoms with Crippen molar-refractivity contribution in [3.8, 4) is 11.4 Å². The van der Waals surface area contributed by atoms with Gasteiger partial charge in [0.15, 0.2) is 0 Å². The number of ether oxygens (including phenoxy) is 1. The predicted octanol–water partition coefficient (Wildman–Crippen LogP) is 5.08. The van der Waals surface area contributed by atoms with E-state index in [1.54, 1.807) is 65.3 Å². The molecule has 0 aliphatic heterocycles. The second kappa shape index (κ2) is 9.78. The molecule has 0 spiro atoms. The molecule has 1 aromatic heterocycles. The second-order valence-corrected chi connectivity index (χ2v) is 7.53. The minimum Gasteiger partial charge on any atom is -0.423 e. The van der Waals surface area contributed by atoms with Crippen LogP contribution in [0.3, 0.4) is 0 Å². The van der Waals surface area contributed by atoms with Crippen LogP contribution in [0.1, 0.15) is 21.5 Å². The molecule has 164 valence electrons. The number of amides is 1. The Morgan fingerprint density at radius 3 is 2.33 bits per heavy atom. The fourth-order valence-corrected chi connectivity index (χ4v) is 3.20. The molecule has 6 heteroatoms. The lowest BCUT2D eigenvalue weighted by Gasteiger charge is -2.17. The van der Waals surface area contributed by atoms with Crippen LogP contribution in [-0.2, 0) is 4.79 Å². The van der Waals surface area contributed by atoms with Crippen molar-refractivity contribution in [1.82, 2.24) is 9.78 Å². The Balaban J connectivity index is 1.36.